The molecule has 0 amide bonds. The van der Waals surface area contributed by atoms with Gasteiger partial charge in [-0.3, -0.25) is 0 Å². The van der Waals surface area contributed by atoms with Gasteiger partial charge in [-0.25, -0.2) is 0 Å². The molecule has 19 heavy (non-hydrogen) atoms. The van der Waals surface area contributed by atoms with Crippen molar-refractivity contribution in [1.82, 2.24) is 0 Å². The summed E-state index contributed by atoms with van der Waals surface area (Å²) in [6, 6.07) is 8.32. The molecule has 0 aliphatic carbocycles. The van der Waals surface area contributed by atoms with Gasteiger partial charge in [-0.1, -0.05) is 26.0 Å². The number of hydrogen-bond acceptors (Lipinski definition) is 3. The smallest absolute Gasteiger partial charge is 0.119 e. The number of benzene rings is 1. The van der Waals surface area contributed by atoms with E-state index < -0.39 is 0 Å². The van der Waals surface area contributed by atoms with Gasteiger partial charge in [-0.05, 0) is 55.3 Å². The second-order valence-electron chi connectivity index (χ2n) is 5.04. The maximum Gasteiger partial charge on any atom is 0.119 e. The number of hydrogen-bond donors (Lipinski definition) is 2. The number of ether oxygens (including phenoxy) is 1. The lowest BCUT2D eigenvalue weighted by Gasteiger charge is -2.20. The number of rotatable bonds is 9. The molecule has 3 N–H and O–H groups in total. The molecule has 2 unspecified atom stereocenters. The van der Waals surface area contributed by atoms with Crippen LogP contribution in [0.5, 0.6) is 5.75 Å². The molecular weight excluding hydrogens is 238 g/mol. The third-order valence-corrected chi connectivity index (χ3v) is 3.53. The van der Waals surface area contributed by atoms with Crippen LogP contribution in [0.1, 0.15) is 44.6 Å². The topological polar surface area (TPSA) is 55.5 Å². The molecule has 0 saturated heterocycles. The van der Waals surface area contributed by atoms with Crippen molar-refractivity contribution in [2.45, 2.75) is 39.0 Å². The van der Waals surface area contributed by atoms with Gasteiger partial charge < -0.3 is 15.6 Å². The van der Waals surface area contributed by atoms with Gasteiger partial charge in [0.15, 0.2) is 0 Å². The van der Waals surface area contributed by atoms with Crippen molar-refractivity contribution in [3.8, 4) is 5.75 Å². The van der Waals surface area contributed by atoms with E-state index in [2.05, 4.69) is 26.0 Å². The van der Waals surface area contributed by atoms with Crippen molar-refractivity contribution in [2.75, 3.05) is 19.8 Å². The third-order valence-electron chi connectivity index (χ3n) is 3.53. The van der Waals surface area contributed by atoms with Gasteiger partial charge in [-0.15, -0.1) is 0 Å². The highest BCUT2D eigenvalue weighted by atomic mass is 16.5. The summed E-state index contributed by atoms with van der Waals surface area (Å²) in [6.45, 7) is 5.76. The van der Waals surface area contributed by atoms with Crippen LogP contribution in [0.25, 0.3) is 0 Å². The summed E-state index contributed by atoms with van der Waals surface area (Å²) in [5, 5.41) is 9.26. The molecule has 0 aliphatic heterocycles. The Bertz CT molecular complexity index is 333. The zero-order chi connectivity index (χ0) is 14.1. The first kappa shape index (κ1) is 16.0. The van der Waals surface area contributed by atoms with E-state index in [1.165, 1.54) is 5.56 Å². The van der Waals surface area contributed by atoms with Crippen molar-refractivity contribution < 1.29 is 9.84 Å². The van der Waals surface area contributed by atoms with Crippen LogP contribution in [0.15, 0.2) is 24.3 Å². The number of aliphatic hydroxyl groups is 1. The first-order chi connectivity index (χ1) is 9.24. The molecule has 3 heteroatoms. The van der Waals surface area contributed by atoms with E-state index in [1.807, 2.05) is 12.1 Å². The molecule has 0 saturated carbocycles. The van der Waals surface area contributed by atoms with Crippen LogP contribution in [0.3, 0.4) is 0 Å². The zero-order valence-corrected chi connectivity index (χ0v) is 12.1. The van der Waals surface area contributed by atoms with E-state index in [-0.39, 0.29) is 12.5 Å². The van der Waals surface area contributed by atoms with Crippen LogP contribution in [0, 0.1) is 5.92 Å². The van der Waals surface area contributed by atoms with E-state index in [9.17, 15) is 5.11 Å². The van der Waals surface area contributed by atoms with Crippen LogP contribution < -0.4 is 10.5 Å². The van der Waals surface area contributed by atoms with Crippen molar-refractivity contribution in [1.29, 1.82) is 0 Å². The fourth-order valence-corrected chi connectivity index (χ4v) is 2.24. The van der Waals surface area contributed by atoms with Crippen LogP contribution in [0.2, 0.25) is 0 Å². The average molecular weight is 265 g/mol. The standard InChI is InChI=1S/C16H27NO2/c1-3-9-19-16-7-5-15(6-8-16)14(4-2)10-13(11-17)12-18/h5-8,13-14,18H,3-4,9-12,17H2,1-2H3. The molecule has 0 heterocycles. The maximum atomic E-state index is 9.26. The van der Waals surface area contributed by atoms with E-state index >= 15 is 0 Å². The van der Waals surface area contributed by atoms with Gasteiger partial charge in [0.25, 0.3) is 0 Å². The van der Waals surface area contributed by atoms with E-state index in [0.29, 0.717) is 12.5 Å². The lowest BCUT2D eigenvalue weighted by Crippen LogP contribution is -2.20. The molecule has 0 aliphatic rings. The van der Waals surface area contributed by atoms with Gasteiger partial charge in [0.05, 0.1) is 6.61 Å². The molecule has 1 rings (SSSR count). The van der Waals surface area contributed by atoms with Gasteiger partial charge in [-0.2, -0.15) is 0 Å². The first-order valence-corrected chi connectivity index (χ1v) is 7.28. The van der Waals surface area contributed by atoms with Gasteiger partial charge in [0, 0.05) is 6.61 Å². The first-order valence-electron chi connectivity index (χ1n) is 7.28. The Hall–Kier alpha value is -1.06. The lowest BCUT2D eigenvalue weighted by atomic mass is 9.87. The summed E-state index contributed by atoms with van der Waals surface area (Å²) in [4.78, 5) is 0. The van der Waals surface area contributed by atoms with E-state index in [0.717, 1.165) is 31.6 Å². The largest absolute Gasteiger partial charge is 0.494 e. The molecule has 108 valence electrons. The lowest BCUT2D eigenvalue weighted by molar-refractivity contribution is 0.214. The molecule has 3 nitrogen and oxygen atoms in total. The molecule has 0 aromatic heterocycles. The van der Waals surface area contributed by atoms with Crippen molar-refractivity contribution in [3.63, 3.8) is 0 Å². The normalized spacial score (nSPS) is 14.1. The predicted molar refractivity (Wildman–Crippen MR) is 79.5 cm³/mol. The Labute approximate surface area is 116 Å². The van der Waals surface area contributed by atoms with Crippen molar-refractivity contribution >= 4 is 0 Å². The van der Waals surface area contributed by atoms with E-state index in [4.69, 9.17) is 10.5 Å². The minimum Gasteiger partial charge on any atom is -0.494 e. The predicted octanol–water partition coefficient (Wildman–Crippen LogP) is 2.93. The fraction of sp³-hybridized carbons (Fsp3) is 0.625. The summed E-state index contributed by atoms with van der Waals surface area (Å²) >= 11 is 0. The summed E-state index contributed by atoms with van der Waals surface area (Å²) in [7, 11) is 0. The number of aliphatic hydroxyl groups excluding tert-OH is 1. The maximum absolute atomic E-state index is 9.26. The molecule has 0 radical (unpaired) electrons. The summed E-state index contributed by atoms with van der Waals surface area (Å²) in [5.41, 5.74) is 6.97. The Kier molecular flexibility index (Phi) is 7.53. The quantitative estimate of drug-likeness (QED) is 0.722. The molecule has 0 spiro atoms. The summed E-state index contributed by atoms with van der Waals surface area (Å²) in [5.74, 6) is 1.58. The molecule has 2 atom stereocenters. The summed E-state index contributed by atoms with van der Waals surface area (Å²) < 4.78 is 5.59. The Balaban J connectivity index is 2.65. The molecular formula is C16H27NO2. The highest BCUT2D eigenvalue weighted by Gasteiger charge is 2.15. The van der Waals surface area contributed by atoms with Crippen molar-refractivity contribution in [3.05, 3.63) is 29.8 Å². The minimum atomic E-state index is 0.171. The fourth-order valence-electron chi connectivity index (χ4n) is 2.24. The Morgan fingerprint density at radius 2 is 1.89 bits per heavy atom. The van der Waals surface area contributed by atoms with Crippen LogP contribution in [-0.2, 0) is 0 Å². The molecule has 0 bridgehead atoms. The summed E-state index contributed by atoms with van der Waals surface area (Å²) in [6.07, 6.45) is 3.03. The van der Waals surface area contributed by atoms with Gasteiger partial charge in [0.1, 0.15) is 5.75 Å². The minimum absolute atomic E-state index is 0.171. The highest BCUT2D eigenvalue weighted by molar-refractivity contribution is 5.29. The second-order valence-corrected chi connectivity index (χ2v) is 5.04. The van der Waals surface area contributed by atoms with Gasteiger partial charge >= 0.3 is 0 Å². The van der Waals surface area contributed by atoms with E-state index in [1.54, 1.807) is 0 Å². The highest BCUT2D eigenvalue weighted by Crippen LogP contribution is 2.28. The molecule has 1 aromatic rings. The van der Waals surface area contributed by atoms with Crippen LogP contribution >= 0.6 is 0 Å². The Morgan fingerprint density at radius 1 is 1.21 bits per heavy atom. The average Bonchev–Trinajstić information content (AvgIpc) is 2.47. The second kappa shape index (κ2) is 8.94. The Morgan fingerprint density at radius 3 is 2.37 bits per heavy atom. The third kappa shape index (κ3) is 5.21. The molecule has 1 aromatic carbocycles. The SMILES string of the molecule is CCCOc1ccc(C(CC)CC(CN)CO)cc1. The number of nitrogens with two attached hydrogens (primary N) is 1. The zero-order valence-electron chi connectivity index (χ0n) is 12.1. The monoisotopic (exact) mass is 265 g/mol. The van der Waals surface area contributed by atoms with Crippen LogP contribution in [-0.4, -0.2) is 24.9 Å². The van der Waals surface area contributed by atoms with Crippen LogP contribution in [0.4, 0.5) is 0 Å². The van der Waals surface area contributed by atoms with Crippen molar-refractivity contribution in [2.24, 2.45) is 11.7 Å². The van der Waals surface area contributed by atoms with Gasteiger partial charge in [0.2, 0.25) is 0 Å². The molecule has 0 fully saturated rings.